The van der Waals surface area contributed by atoms with E-state index in [4.69, 9.17) is 17.3 Å². The zero-order valence-corrected chi connectivity index (χ0v) is 19.9. The van der Waals surface area contributed by atoms with E-state index in [0.29, 0.717) is 33.0 Å². The molecule has 2 aromatic heterocycles. The van der Waals surface area contributed by atoms with Gasteiger partial charge in [-0.15, -0.1) is 0 Å². The highest BCUT2D eigenvalue weighted by Gasteiger charge is 2.19. The normalized spacial score (nSPS) is 14.5. The number of phenols is 1. The van der Waals surface area contributed by atoms with Gasteiger partial charge in [-0.25, -0.2) is 9.18 Å². The van der Waals surface area contributed by atoms with Crippen molar-refractivity contribution in [2.75, 3.05) is 18.0 Å². The SMILES string of the molecule is Cn1ccn(-c2ccc(-c3cc(F)cc(-c4cncc(N5CCC(N)CC5)c4)c3O)cc2Cl)c1=O. The summed E-state index contributed by atoms with van der Waals surface area (Å²) < 4.78 is 17.6. The average molecular weight is 494 g/mol. The Balaban J connectivity index is 1.53. The van der Waals surface area contributed by atoms with Gasteiger partial charge in [0.2, 0.25) is 0 Å². The van der Waals surface area contributed by atoms with Gasteiger partial charge in [0.1, 0.15) is 11.6 Å². The van der Waals surface area contributed by atoms with Crippen molar-refractivity contribution in [2.45, 2.75) is 18.9 Å². The smallest absolute Gasteiger partial charge is 0.332 e. The summed E-state index contributed by atoms with van der Waals surface area (Å²) in [6.45, 7) is 1.64. The molecule has 9 heteroatoms. The third kappa shape index (κ3) is 4.42. The van der Waals surface area contributed by atoms with E-state index < -0.39 is 5.82 Å². The van der Waals surface area contributed by atoms with Crippen molar-refractivity contribution in [3.63, 3.8) is 0 Å². The Morgan fingerprint density at radius 2 is 1.77 bits per heavy atom. The largest absolute Gasteiger partial charge is 0.507 e. The number of piperidine rings is 1. The number of phenolic OH excluding ortho intramolecular Hbond substituents is 1. The Morgan fingerprint density at radius 3 is 2.43 bits per heavy atom. The second-order valence-electron chi connectivity index (χ2n) is 8.83. The molecular formula is C26H25ClFN5O2. The number of anilines is 1. The molecule has 1 aliphatic heterocycles. The number of aromatic nitrogens is 3. The van der Waals surface area contributed by atoms with Crippen molar-refractivity contribution in [3.05, 3.63) is 82.5 Å². The Bertz CT molecular complexity index is 1460. The van der Waals surface area contributed by atoms with Crippen LogP contribution in [0.5, 0.6) is 5.75 Å². The van der Waals surface area contributed by atoms with Crippen molar-refractivity contribution in [2.24, 2.45) is 12.8 Å². The van der Waals surface area contributed by atoms with Gasteiger partial charge in [-0.05, 0) is 48.7 Å². The van der Waals surface area contributed by atoms with Gasteiger partial charge in [-0.3, -0.25) is 9.55 Å². The summed E-state index contributed by atoms with van der Waals surface area (Å²) in [4.78, 5) is 18.8. The number of hydrogen-bond acceptors (Lipinski definition) is 5. The highest BCUT2D eigenvalue weighted by Crippen LogP contribution is 2.41. The first-order valence-electron chi connectivity index (χ1n) is 11.3. The molecule has 0 bridgehead atoms. The second kappa shape index (κ2) is 9.20. The number of aromatic hydroxyl groups is 1. The molecule has 4 aromatic rings. The summed E-state index contributed by atoms with van der Waals surface area (Å²) in [5, 5.41) is 11.5. The lowest BCUT2D eigenvalue weighted by atomic mass is 9.97. The van der Waals surface area contributed by atoms with Crippen LogP contribution >= 0.6 is 11.6 Å². The molecule has 3 N–H and O–H groups in total. The summed E-state index contributed by atoms with van der Waals surface area (Å²) in [6, 6.07) is 9.65. The zero-order valence-electron chi connectivity index (χ0n) is 19.2. The van der Waals surface area contributed by atoms with Crippen LogP contribution in [0.4, 0.5) is 10.1 Å². The Hall–Kier alpha value is -3.62. The molecule has 0 unspecified atom stereocenters. The van der Waals surface area contributed by atoms with E-state index in [0.717, 1.165) is 31.6 Å². The molecule has 5 rings (SSSR count). The van der Waals surface area contributed by atoms with E-state index in [1.807, 2.05) is 6.07 Å². The van der Waals surface area contributed by atoms with Gasteiger partial charge in [0.15, 0.2) is 0 Å². The number of hydrogen-bond donors (Lipinski definition) is 2. The zero-order chi connectivity index (χ0) is 24.7. The number of imidazole rings is 1. The molecule has 7 nitrogen and oxygen atoms in total. The fourth-order valence-electron chi connectivity index (χ4n) is 4.46. The molecule has 0 amide bonds. The first-order chi connectivity index (χ1) is 16.8. The highest BCUT2D eigenvalue weighted by atomic mass is 35.5. The molecule has 1 saturated heterocycles. The third-order valence-corrected chi connectivity index (χ3v) is 6.78. The minimum atomic E-state index is -0.498. The van der Waals surface area contributed by atoms with E-state index in [2.05, 4.69) is 9.88 Å². The number of nitrogens with two attached hydrogens (primary N) is 1. The van der Waals surface area contributed by atoms with Crippen LogP contribution in [0, 0.1) is 5.82 Å². The van der Waals surface area contributed by atoms with Crippen molar-refractivity contribution >= 4 is 17.3 Å². The van der Waals surface area contributed by atoms with E-state index in [-0.39, 0.29) is 17.5 Å². The molecule has 1 aliphatic rings. The minimum absolute atomic E-state index is 0.0771. The van der Waals surface area contributed by atoms with E-state index in [1.54, 1.807) is 50.0 Å². The van der Waals surface area contributed by atoms with Gasteiger partial charge >= 0.3 is 5.69 Å². The topological polar surface area (TPSA) is 89.3 Å². The summed E-state index contributed by atoms with van der Waals surface area (Å²) in [6.07, 6.45) is 8.42. The van der Waals surface area contributed by atoms with E-state index in [9.17, 15) is 14.3 Å². The lowest BCUT2D eigenvalue weighted by Crippen LogP contribution is -2.39. The summed E-state index contributed by atoms with van der Waals surface area (Å²) >= 11 is 6.49. The number of pyridine rings is 1. The van der Waals surface area contributed by atoms with Crippen LogP contribution < -0.4 is 16.3 Å². The van der Waals surface area contributed by atoms with Gasteiger partial charge < -0.3 is 20.3 Å². The molecule has 0 spiro atoms. The van der Waals surface area contributed by atoms with Crippen molar-refractivity contribution in [1.82, 2.24) is 14.1 Å². The average Bonchev–Trinajstić information content (AvgIpc) is 3.18. The van der Waals surface area contributed by atoms with Crippen molar-refractivity contribution < 1.29 is 9.50 Å². The summed E-state index contributed by atoms with van der Waals surface area (Å²) in [5.41, 5.74) is 8.94. The van der Waals surface area contributed by atoms with Crippen LogP contribution in [0.3, 0.4) is 0 Å². The number of nitrogens with zero attached hydrogens (tertiary/aromatic N) is 4. The van der Waals surface area contributed by atoms with Crippen molar-refractivity contribution in [1.29, 1.82) is 0 Å². The van der Waals surface area contributed by atoms with Crippen LogP contribution in [0.15, 0.2) is 66.0 Å². The molecule has 35 heavy (non-hydrogen) atoms. The Morgan fingerprint density at radius 1 is 1.06 bits per heavy atom. The quantitative estimate of drug-likeness (QED) is 0.441. The molecular weight excluding hydrogens is 469 g/mol. The number of benzene rings is 2. The molecule has 2 aromatic carbocycles. The minimum Gasteiger partial charge on any atom is -0.507 e. The molecule has 1 fully saturated rings. The van der Waals surface area contributed by atoms with Gasteiger partial charge in [0, 0.05) is 61.5 Å². The number of halogens is 2. The van der Waals surface area contributed by atoms with Crippen LogP contribution in [0.2, 0.25) is 5.02 Å². The van der Waals surface area contributed by atoms with Crippen LogP contribution in [-0.2, 0) is 7.05 Å². The Kier molecular flexibility index (Phi) is 6.08. The maximum Gasteiger partial charge on any atom is 0.332 e. The van der Waals surface area contributed by atoms with Crippen LogP contribution in [-0.4, -0.2) is 38.4 Å². The molecule has 0 atom stereocenters. The molecule has 0 radical (unpaired) electrons. The maximum atomic E-state index is 14.7. The number of aryl methyl sites for hydroxylation is 1. The van der Waals surface area contributed by atoms with Gasteiger partial charge in [-0.2, -0.15) is 0 Å². The summed E-state index contributed by atoms with van der Waals surface area (Å²) in [7, 11) is 1.65. The second-order valence-corrected chi connectivity index (χ2v) is 9.24. The van der Waals surface area contributed by atoms with Crippen LogP contribution in [0.25, 0.3) is 27.9 Å². The highest BCUT2D eigenvalue weighted by molar-refractivity contribution is 6.32. The van der Waals surface area contributed by atoms with E-state index in [1.165, 1.54) is 21.3 Å². The van der Waals surface area contributed by atoms with Crippen molar-refractivity contribution in [3.8, 4) is 33.7 Å². The molecule has 0 saturated carbocycles. The predicted octanol–water partition coefficient (Wildman–Crippen LogP) is 4.33. The number of rotatable bonds is 4. The van der Waals surface area contributed by atoms with E-state index >= 15 is 0 Å². The third-order valence-electron chi connectivity index (χ3n) is 6.48. The first kappa shape index (κ1) is 23.1. The summed E-state index contributed by atoms with van der Waals surface area (Å²) in [5.74, 6) is -0.576. The Labute approximate surface area is 206 Å². The first-order valence-corrected chi connectivity index (χ1v) is 11.7. The van der Waals surface area contributed by atoms with Gasteiger partial charge in [-0.1, -0.05) is 17.7 Å². The van der Waals surface area contributed by atoms with Gasteiger partial charge in [0.25, 0.3) is 0 Å². The monoisotopic (exact) mass is 493 g/mol. The lowest BCUT2D eigenvalue weighted by Gasteiger charge is -2.32. The maximum absolute atomic E-state index is 14.7. The standard InChI is InChI=1S/C26H25ClFN5O2/c1-31-8-9-33(26(31)35)24-3-2-16(11-23(24)27)21-12-18(28)13-22(25(21)34)17-10-20(15-30-14-17)32-6-4-19(29)5-7-32/h2-3,8-15,19,34H,4-7,29H2,1H3. The molecule has 3 heterocycles. The fraction of sp³-hybridized carbons (Fsp3) is 0.231. The fourth-order valence-corrected chi connectivity index (χ4v) is 4.73. The molecule has 0 aliphatic carbocycles. The van der Waals surface area contributed by atoms with Crippen LogP contribution in [0.1, 0.15) is 12.8 Å². The van der Waals surface area contributed by atoms with Gasteiger partial charge in [0.05, 0.1) is 22.6 Å². The molecule has 180 valence electrons. The lowest BCUT2D eigenvalue weighted by molar-refractivity contribution is 0.477. The predicted molar refractivity (Wildman–Crippen MR) is 136 cm³/mol.